The first-order chi connectivity index (χ1) is 4.95. The molecule has 0 aromatic carbocycles. The lowest BCUT2D eigenvalue weighted by Crippen LogP contribution is -2.05. The molecule has 0 saturated heterocycles. The van der Waals surface area contributed by atoms with Gasteiger partial charge >= 0.3 is 0 Å². The number of hydrogen-bond donors (Lipinski definition) is 0. The van der Waals surface area contributed by atoms with E-state index in [-0.39, 0.29) is 0 Å². The molecule has 0 atom stereocenters. The average molecular weight is 207 g/mol. The van der Waals surface area contributed by atoms with E-state index in [0.29, 0.717) is 11.3 Å². The van der Waals surface area contributed by atoms with E-state index in [9.17, 15) is 0 Å². The van der Waals surface area contributed by atoms with Crippen LogP contribution in [0.15, 0.2) is 4.76 Å². The first kappa shape index (κ1) is 11.4. The van der Waals surface area contributed by atoms with Gasteiger partial charge in [0.2, 0.25) is 0 Å². The van der Waals surface area contributed by atoms with Crippen molar-refractivity contribution >= 4 is 35.4 Å². The Morgan fingerprint density at radius 3 is 1.64 bits per heavy atom. The second kappa shape index (κ2) is 4.47. The van der Waals surface area contributed by atoms with E-state index < -0.39 is 6.19 Å². The van der Waals surface area contributed by atoms with Crippen LogP contribution in [-0.2, 0) is 11.8 Å². The zero-order chi connectivity index (χ0) is 9.07. The van der Waals surface area contributed by atoms with Crippen molar-refractivity contribution in [2.24, 2.45) is 4.76 Å². The lowest BCUT2D eigenvalue weighted by Gasteiger charge is -2.23. The fourth-order valence-electron chi connectivity index (χ4n) is 0.891. The predicted octanol–water partition coefficient (Wildman–Crippen LogP) is 3.30. The van der Waals surface area contributed by atoms with Crippen LogP contribution in [0.2, 0.25) is 0 Å². The Kier molecular flexibility index (Phi) is 4.65. The van der Waals surface area contributed by atoms with Gasteiger partial charge in [-0.1, -0.05) is 39.5 Å². The number of isothiocyanates is 1. The van der Waals surface area contributed by atoms with E-state index in [2.05, 4.69) is 49.8 Å². The second-order valence-corrected chi connectivity index (χ2v) is 8.60. The third kappa shape index (κ3) is 2.76. The Morgan fingerprint density at radius 2 is 1.55 bits per heavy atom. The molecule has 0 aromatic heterocycles. The van der Waals surface area contributed by atoms with E-state index in [1.165, 1.54) is 0 Å². The molecule has 0 spiro atoms. The Balaban J connectivity index is 4.83. The van der Waals surface area contributed by atoms with Gasteiger partial charge in [0, 0.05) is 11.3 Å². The molecule has 0 saturated carbocycles. The molecule has 0 aliphatic rings. The molecule has 0 bridgehead atoms. The lowest BCUT2D eigenvalue weighted by atomic mass is 10.5. The molecule has 11 heavy (non-hydrogen) atoms. The van der Waals surface area contributed by atoms with Crippen molar-refractivity contribution in [1.29, 1.82) is 0 Å². The third-order valence-corrected chi connectivity index (χ3v) is 8.05. The largest absolute Gasteiger partial charge is 0.199 e. The summed E-state index contributed by atoms with van der Waals surface area (Å²) in [5.41, 5.74) is 0.876. The van der Waals surface area contributed by atoms with E-state index >= 15 is 0 Å². The van der Waals surface area contributed by atoms with Crippen molar-refractivity contribution in [3.63, 3.8) is 0 Å². The van der Waals surface area contributed by atoms with Crippen LogP contribution in [0.1, 0.15) is 27.7 Å². The molecule has 1 nitrogen and oxygen atoms in total. The van der Waals surface area contributed by atoms with Crippen LogP contribution in [0.25, 0.3) is 0 Å². The van der Waals surface area contributed by atoms with Crippen LogP contribution in [0.4, 0.5) is 0 Å². The molecule has 0 heterocycles. The van der Waals surface area contributed by atoms with Crippen molar-refractivity contribution in [3.8, 4) is 0 Å². The minimum Gasteiger partial charge on any atom is -0.199 e. The fraction of sp³-hybridized carbons (Fsp3) is 0.857. The Bertz CT molecular complexity index is 204. The maximum atomic E-state index is 5.46. The second-order valence-electron chi connectivity index (χ2n) is 3.05. The molecular formula is C7H14NPS2. The number of nitrogens with zero attached hydrogens (tertiary/aromatic N) is 1. The molecule has 0 radical (unpaired) electrons. The summed E-state index contributed by atoms with van der Waals surface area (Å²) in [6.07, 6.45) is -1.62. The van der Waals surface area contributed by atoms with E-state index in [1.54, 1.807) is 0 Å². The summed E-state index contributed by atoms with van der Waals surface area (Å²) >= 11 is 10.0. The summed E-state index contributed by atoms with van der Waals surface area (Å²) in [7, 11) is 0. The Labute approximate surface area is 79.4 Å². The van der Waals surface area contributed by atoms with E-state index in [1.807, 2.05) is 0 Å². The van der Waals surface area contributed by atoms with E-state index in [0.717, 1.165) is 0 Å². The van der Waals surface area contributed by atoms with Gasteiger partial charge in [-0.3, -0.25) is 0 Å². The van der Waals surface area contributed by atoms with Gasteiger partial charge in [0.1, 0.15) is 0 Å². The van der Waals surface area contributed by atoms with Crippen molar-refractivity contribution < 1.29 is 0 Å². The normalized spacial score (nSPS) is 11.8. The maximum absolute atomic E-state index is 5.46. The van der Waals surface area contributed by atoms with Gasteiger partial charge in [-0.2, -0.15) is 4.76 Å². The van der Waals surface area contributed by atoms with Gasteiger partial charge in [-0.25, -0.2) is 0 Å². The molecule has 0 fully saturated rings. The minimum absolute atomic E-state index is 0.438. The number of hydrogen-bond acceptors (Lipinski definition) is 2. The van der Waals surface area contributed by atoms with Gasteiger partial charge < -0.3 is 0 Å². The molecule has 0 aromatic rings. The smallest absolute Gasteiger partial charge is 0.0738 e. The first-order valence-corrected chi connectivity index (χ1v) is 6.94. The highest BCUT2D eigenvalue weighted by Gasteiger charge is 2.23. The summed E-state index contributed by atoms with van der Waals surface area (Å²) in [5.74, 6) is 0. The highest BCUT2D eigenvalue weighted by molar-refractivity contribution is 8.14. The van der Waals surface area contributed by atoms with Crippen LogP contribution >= 0.6 is 18.4 Å². The van der Waals surface area contributed by atoms with Crippen LogP contribution in [0.3, 0.4) is 0 Å². The van der Waals surface area contributed by atoms with Gasteiger partial charge in [0.25, 0.3) is 0 Å². The fourth-order valence-corrected chi connectivity index (χ4v) is 3.36. The summed E-state index contributed by atoms with van der Waals surface area (Å²) in [5, 5.41) is 2.42. The van der Waals surface area contributed by atoms with Crippen LogP contribution in [-0.4, -0.2) is 16.5 Å². The molecule has 0 aliphatic heterocycles. The summed E-state index contributed by atoms with van der Waals surface area (Å²) < 4.78 is 4.15. The van der Waals surface area contributed by atoms with Crippen molar-refractivity contribution in [2.45, 2.75) is 39.0 Å². The van der Waals surface area contributed by atoms with Gasteiger partial charge in [-0.05, 0) is 12.2 Å². The van der Waals surface area contributed by atoms with Gasteiger partial charge in [-0.15, -0.1) is 0 Å². The maximum Gasteiger partial charge on any atom is 0.0738 e. The minimum atomic E-state index is -1.62. The average Bonchev–Trinajstić information content (AvgIpc) is 1.87. The summed E-state index contributed by atoms with van der Waals surface area (Å²) in [4.78, 5) is 0. The summed E-state index contributed by atoms with van der Waals surface area (Å²) in [6, 6.07) is 0. The molecule has 0 unspecified atom stereocenters. The molecule has 0 N–H and O–H groups in total. The predicted molar refractivity (Wildman–Crippen MR) is 59.6 cm³/mol. The number of thiocarbonyl (C=S) groups is 1. The lowest BCUT2D eigenvalue weighted by molar-refractivity contribution is 1.00. The zero-order valence-electron chi connectivity index (χ0n) is 7.37. The highest BCUT2D eigenvalue weighted by atomic mass is 32.4. The molecule has 64 valence electrons. The topological polar surface area (TPSA) is 12.4 Å². The quantitative estimate of drug-likeness (QED) is 0.400. The van der Waals surface area contributed by atoms with Crippen LogP contribution in [0, 0.1) is 0 Å². The van der Waals surface area contributed by atoms with Gasteiger partial charge in [0.05, 0.1) is 11.3 Å². The zero-order valence-corrected chi connectivity index (χ0v) is 9.89. The summed E-state index contributed by atoms with van der Waals surface area (Å²) in [6.45, 7) is 8.43. The number of rotatable bonds is 3. The van der Waals surface area contributed by atoms with Crippen LogP contribution < -0.4 is 0 Å². The first-order valence-electron chi connectivity index (χ1n) is 3.64. The molecule has 0 amide bonds. The van der Waals surface area contributed by atoms with Crippen molar-refractivity contribution in [1.82, 2.24) is 0 Å². The highest BCUT2D eigenvalue weighted by Crippen LogP contribution is 2.56. The van der Waals surface area contributed by atoms with E-state index in [4.69, 9.17) is 11.8 Å². The third-order valence-electron chi connectivity index (χ3n) is 1.68. The molecular weight excluding hydrogens is 193 g/mol. The Hall–Kier alpha value is 0.450. The SMILES string of the molecule is CC(C)P(=S)(N=C=S)C(C)C. The molecule has 4 heteroatoms. The van der Waals surface area contributed by atoms with Crippen molar-refractivity contribution in [2.75, 3.05) is 0 Å². The van der Waals surface area contributed by atoms with Crippen molar-refractivity contribution in [3.05, 3.63) is 0 Å². The van der Waals surface area contributed by atoms with Crippen LogP contribution in [0.5, 0.6) is 0 Å². The monoisotopic (exact) mass is 207 g/mol. The van der Waals surface area contributed by atoms with Gasteiger partial charge in [0.15, 0.2) is 0 Å². The standard InChI is InChI=1S/C7H14NPS2/c1-6(2)9(11,7(3)4)8-5-10/h6-7H,1-4H3. The Morgan fingerprint density at radius 1 is 1.18 bits per heavy atom. The molecule has 0 rings (SSSR count). The molecule has 0 aliphatic carbocycles.